The predicted molar refractivity (Wildman–Crippen MR) is 83.8 cm³/mol. The zero-order chi connectivity index (χ0) is 15.1. The zero-order valence-corrected chi connectivity index (χ0v) is 11.4. The van der Waals surface area contributed by atoms with Crippen molar-refractivity contribution in [2.75, 3.05) is 0 Å². The highest BCUT2D eigenvalue weighted by Crippen LogP contribution is 2.30. The maximum Gasteiger partial charge on any atom is 0.403 e. The van der Waals surface area contributed by atoms with E-state index in [1.54, 1.807) is 0 Å². The van der Waals surface area contributed by atoms with E-state index in [-0.39, 0.29) is 5.71 Å². The van der Waals surface area contributed by atoms with Gasteiger partial charge in [-0.2, -0.15) is 0 Å². The smallest absolute Gasteiger partial charge is 0.398 e. The van der Waals surface area contributed by atoms with Crippen molar-refractivity contribution in [3.63, 3.8) is 0 Å². The Labute approximate surface area is 123 Å². The fraction of sp³-hybridized carbons (Fsp3) is 0. The van der Waals surface area contributed by atoms with Crippen molar-refractivity contribution in [1.29, 1.82) is 0 Å². The van der Waals surface area contributed by atoms with Gasteiger partial charge in [0.15, 0.2) is 0 Å². The molecule has 0 bridgehead atoms. The van der Waals surface area contributed by atoms with Crippen LogP contribution in [0.4, 0.5) is 0 Å². The predicted octanol–water partition coefficient (Wildman–Crippen LogP) is 2.70. The summed E-state index contributed by atoms with van der Waals surface area (Å²) < 4.78 is 5.05. The van der Waals surface area contributed by atoms with Crippen LogP contribution < -0.4 is 11.2 Å². The molecule has 4 rings (SSSR count). The lowest BCUT2D eigenvalue weighted by Crippen LogP contribution is -2.25. The number of nitrogens with one attached hydrogen (secondary N) is 1. The third kappa shape index (κ3) is 1.83. The summed E-state index contributed by atoms with van der Waals surface area (Å²) in [5, 5.41) is 1.66. The van der Waals surface area contributed by atoms with Gasteiger partial charge in [0, 0.05) is 16.3 Å². The third-order valence-corrected chi connectivity index (χ3v) is 3.54. The van der Waals surface area contributed by atoms with Gasteiger partial charge < -0.3 is 9.40 Å². The summed E-state index contributed by atoms with van der Waals surface area (Å²) in [6.07, 6.45) is 0. The lowest BCUT2D eigenvalue weighted by atomic mass is 10.0. The summed E-state index contributed by atoms with van der Waals surface area (Å²) in [6, 6.07) is 17.2. The first-order valence-corrected chi connectivity index (χ1v) is 6.75. The maximum atomic E-state index is 11.5. The average molecular weight is 290 g/mol. The molecule has 2 aromatic carbocycles. The van der Waals surface area contributed by atoms with Crippen LogP contribution in [-0.2, 0) is 0 Å². The Morgan fingerprint density at radius 1 is 0.864 bits per heavy atom. The molecule has 106 valence electrons. The molecule has 5 nitrogen and oxygen atoms in total. The van der Waals surface area contributed by atoms with Crippen LogP contribution >= 0.6 is 0 Å². The van der Waals surface area contributed by atoms with Gasteiger partial charge in [0.1, 0.15) is 5.52 Å². The van der Waals surface area contributed by atoms with E-state index in [1.165, 1.54) is 0 Å². The molecule has 0 amide bonds. The van der Waals surface area contributed by atoms with E-state index in [4.69, 9.17) is 4.42 Å². The molecule has 0 radical (unpaired) electrons. The second-order valence-corrected chi connectivity index (χ2v) is 4.90. The fourth-order valence-electron chi connectivity index (χ4n) is 2.55. The van der Waals surface area contributed by atoms with Gasteiger partial charge in [0.2, 0.25) is 5.71 Å². The quantitative estimate of drug-likeness (QED) is 0.432. The minimum atomic E-state index is -0.950. The van der Waals surface area contributed by atoms with Crippen molar-refractivity contribution in [3.05, 3.63) is 75.4 Å². The van der Waals surface area contributed by atoms with E-state index in [0.29, 0.717) is 11.2 Å². The van der Waals surface area contributed by atoms with Crippen molar-refractivity contribution >= 4 is 22.0 Å². The highest BCUT2D eigenvalue weighted by molar-refractivity contribution is 6.07. The van der Waals surface area contributed by atoms with Gasteiger partial charge in [-0.15, -0.1) is 0 Å². The number of H-pyrrole nitrogens is 1. The van der Waals surface area contributed by atoms with Crippen LogP contribution in [0.3, 0.4) is 0 Å². The molecule has 0 spiro atoms. The molecule has 2 heterocycles. The molecular formula is C17H10N2O3. The minimum Gasteiger partial charge on any atom is -0.398 e. The Morgan fingerprint density at radius 3 is 2.32 bits per heavy atom. The fourth-order valence-corrected chi connectivity index (χ4v) is 2.55. The molecule has 1 N–H and O–H groups in total. The molecule has 4 aromatic rings. The van der Waals surface area contributed by atoms with Crippen LogP contribution in [0.5, 0.6) is 0 Å². The van der Waals surface area contributed by atoms with E-state index < -0.39 is 11.2 Å². The van der Waals surface area contributed by atoms with Gasteiger partial charge in [-0.05, 0) is 0 Å². The van der Waals surface area contributed by atoms with Crippen LogP contribution in [0.2, 0.25) is 0 Å². The summed E-state index contributed by atoms with van der Waals surface area (Å²) >= 11 is 0. The summed E-state index contributed by atoms with van der Waals surface area (Å²) in [5.74, 6) is 0. The van der Waals surface area contributed by atoms with Crippen molar-refractivity contribution in [3.8, 4) is 11.3 Å². The zero-order valence-electron chi connectivity index (χ0n) is 11.4. The Hall–Kier alpha value is -3.21. The molecule has 0 aliphatic carbocycles. The Morgan fingerprint density at radius 2 is 1.55 bits per heavy atom. The number of hydrogen-bond donors (Lipinski definition) is 1. The average Bonchev–Trinajstić information content (AvgIpc) is 2.56. The molecule has 0 fully saturated rings. The number of aromatic amines is 1. The Kier molecular flexibility index (Phi) is 2.66. The molecule has 0 saturated heterocycles. The molecular weight excluding hydrogens is 280 g/mol. The van der Waals surface area contributed by atoms with Crippen molar-refractivity contribution in [2.45, 2.75) is 0 Å². The monoisotopic (exact) mass is 290 g/mol. The third-order valence-electron chi connectivity index (χ3n) is 3.54. The number of fused-ring (bicyclic) bond motifs is 3. The Bertz CT molecular complexity index is 1110. The van der Waals surface area contributed by atoms with Crippen LogP contribution in [0, 0.1) is 0 Å². The number of nitrogens with zero attached hydrogens (tertiary/aromatic N) is 1. The van der Waals surface area contributed by atoms with E-state index in [1.807, 2.05) is 54.6 Å². The van der Waals surface area contributed by atoms with Gasteiger partial charge >= 0.3 is 11.2 Å². The van der Waals surface area contributed by atoms with Gasteiger partial charge in [0.05, 0.1) is 5.69 Å². The number of rotatable bonds is 1. The molecule has 0 atom stereocenters. The van der Waals surface area contributed by atoms with E-state index in [9.17, 15) is 9.59 Å². The van der Waals surface area contributed by atoms with E-state index in [0.717, 1.165) is 16.3 Å². The number of hydrogen-bond acceptors (Lipinski definition) is 4. The molecule has 2 aromatic heterocycles. The first-order chi connectivity index (χ1) is 10.7. The summed E-state index contributed by atoms with van der Waals surface area (Å²) in [4.78, 5) is 30.0. The van der Waals surface area contributed by atoms with Crippen molar-refractivity contribution in [1.82, 2.24) is 9.97 Å². The first kappa shape index (κ1) is 12.5. The number of aromatic nitrogens is 2. The second-order valence-electron chi connectivity index (χ2n) is 4.90. The normalized spacial score (nSPS) is 11.1. The highest BCUT2D eigenvalue weighted by atomic mass is 16.4. The van der Waals surface area contributed by atoms with Gasteiger partial charge in [-0.1, -0.05) is 54.6 Å². The van der Waals surface area contributed by atoms with Crippen molar-refractivity contribution < 1.29 is 4.42 Å². The van der Waals surface area contributed by atoms with E-state index in [2.05, 4.69) is 9.97 Å². The van der Waals surface area contributed by atoms with Crippen LogP contribution in [-0.4, -0.2) is 9.97 Å². The SMILES string of the molecule is O=c1[nH]c2c(nc(-c3ccccc3)c3ccccc32)oc1=O. The summed E-state index contributed by atoms with van der Waals surface area (Å²) in [6.45, 7) is 0. The Balaban J connectivity index is 2.23. The number of benzene rings is 2. The van der Waals surface area contributed by atoms with Crippen LogP contribution in [0.15, 0.2) is 68.6 Å². The minimum absolute atomic E-state index is 0.127. The van der Waals surface area contributed by atoms with Crippen LogP contribution in [0.1, 0.15) is 0 Å². The topological polar surface area (TPSA) is 76.0 Å². The lowest BCUT2D eigenvalue weighted by Gasteiger charge is -2.08. The van der Waals surface area contributed by atoms with Gasteiger partial charge in [-0.25, -0.2) is 9.78 Å². The molecule has 22 heavy (non-hydrogen) atoms. The summed E-state index contributed by atoms with van der Waals surface area (Å²) in [7, 11) is 0. The molecule has 0 unspecified atom stereocenters. The lowest BCUT2D eigenvalue weighted by molar-refractivity contribution is 0.536. The summed E-state index contributed by atoms with van der Waals surface area (Å²) in [5.41, 5.74) is 0.441. The largest absolute Gasteiger partial charge is 0.403 e. The highest BCUT2D eigenvalue weighted by Gasteiger charge is 2.13. The molecule has 5 heteroatoms. The molecule has 0 saturated carbocycles. The number of pyridine rings is 1. The van der Waals surface area contributed by atoms with E-state index >= 15 is 0 Å². The van der Waals surface area contributed by atoms with Gasteiger partial charge in [-0.3, -0.25) is 4.79 Å². The second kappa shape index (κ2) is 4.66. The maximum absolute atomic E-state index is 11.5. The standard InChI is InChI=1S/C17H10N2O3/c20-15-17(21)22-16-14(18-15)12-9-5-4-8-11(12)13(19-16)10-6-2-1-3-7-10/h1-9H,(H,18,20). The van der Waals surface area contributed by atoms with Crippen LogP contribution in [0.25, 0.3) is 33.3 Å². The molecule has 0 aliphatic heterocycles. The molecule has 0 aliphatic rings. The van der Waals surface area contributed by atoms with Crippen molar-refractivity contribution in [2.24, 2.45) is 0 Å². The van der Waals surface area contributed by atoms with Gasteiger partial charge in [0.25, 0.3) is 0 Å². The first-order valence-electron chi connectivity index (χ1n) is 6.75.